The molecule has 1 N–H and O–H groups in total. The standard InChI is InChI=1S/C8H11NO4S2/c1-4-6(8(10)11)9-7(14-4)5(2)15(3,12)13/h5H,1-3H3,(H,10,11). The van der Waals surface area contributed by atoms with Crippen molar-refractivity contribution in [3.63, 3.8) is 0 Å². The lowest BCUT2D eigenvalue weighted by atomic mass is 10.4. The van der Waals surface area contributed by atoms with Crippen LogP contribution in [-0.2, 0) is 9.84 Å². The van der Waals surface area contributed by atoms with Gasteiger partial charge in [0.2, 0.25) is 0 Å². The van der Waals surface area contributed by atoms with Gasteiger partial charge in [-0.3, -0.25) is 0 Å². The lowest BCUT2D eigenvalue weighted by Crippen LogP contribution is -2.08. The van der Waals surface area contributed by atoms with Gasteiger partial charge >= 0.3 is 5.97 Å². The Labute approximate surface area is 91.7 Å². The van der Waals surface area contributed by atoms with Gasteiger partial charge in [0, 0.05) is 11.1 Å². The van der Waals surface area contributed by atoms with Crippen LogP contribution in [0.15, 0.2) is 0 Å². The molecular weight excluding hydrogens is 238 g/mol. The Balaban J connectivity index is 3.19. The maximum absolute atomic E-state index is 11.2. The fourth-order valence-corrected chi connectivity index (χ4v) is 2.91. The van der Waals surface area contributed by atoms with Crippen LogP contribution in [0, 0.1) is 6.92 Å². The summed E-state index contributed by atoms with van der Waals surface area (Å²) in [4.78, 5) is 15.0. The fourth-order valence-electron chi connectivity index (χ4n) is 0.972. The molecule has 15 heavy (non-hydrogen) atoms. The lowest BCUT2D eigenvalue weighted by molar-refractivity contribution is 0.0690. The van der Waals surface area contributed by atoms with Gasteiger partial charge in [0.1, 0.15) is 10.3 Å². The predicted molar refractivity (Wildman–Crippen MR) is 57.1 cm³/mol. The average molecular weight is 249 g/mol. The number of carboxylic acid groups (broad SMARTS) is 1. The number of carbonyl (C=O) groups is 1. The molecule has 1 rings (SSSR count). The molecule has 0 saturated heterocycles. The highest BCUT2D eigenvalue weighted by molar-refractivity contribution is 7.91. The normalized spacial score (nSPS) is 13.8. The van der Waals surface area contributed by atoms with E-state index in [1.165, 1.54) is 6.92 Å². The number of hydrogen-bond donors (Lipinski definition) is 1. The molecule has 0 bridgehead atoms. The first kappa shape index (κ1) is 12.1. The highest BCUT2D eigenvalue weighted by Crippen LogP contribution is 2.27. The van der Waals surface area contributed by atoms with Crippen LogP contribution in [0.5, 0.6) is 0 Å². The first-order chi connectivity index (χ1) is 6.73. The van der Waals surface area contributed by atoms with Crippen molar-refractivity contribution in [3.05, 3.63) is 15.6 Å². The lowest BCUT2D eigenvalue weighted by Gasteiger charge is -2.03. The maximum Gasteiger partial charge on any atom is 0.355 e. The van der Waals surface area contributed by atoms with Crippen LogP contribution in [0.4, 0.5) is 0 Å². The Kier molecular flexibility index (Phi) is 3.15. The average Bonchev–Trinajstić information content (AvgIpc) is 2.44. The van der Waals surface area contributed by atoms with Gasteiger partial charge in [0.05, 0.1) is 0 Å². The number of rotatable bonds is 3. The summed E-state index contributed by atoms with van der Waals surface area (Å²) in [7, 11) is -3.23. The van der Waals surface area contributed by atoms with E-state index in [2.05, 4.69) is 4.98 Å². The van der Waals surface area contributed by atoms with Gasteiger partial charge in [-0.15, -0.1) is 11.3 Å². The second-order valence-electron chi connectivity index (χ2n) is 3.23. The third kappa shape index (κ3) is 2.54. The summed E-state index contributed by atoms with van der Waals surface area (Å²) in [6, 6.07) is 0. The van der Waals surface area contributed by atoms with Gasteiger partial charge in [-0.25, -0.2) is 18.2 Å². The van der Waals surface area contributed by atoms with Gasteiger partial charge in [0.15, 0.2) is 15.5 Å². The van der Waals surface area contributed by atoms with Gasteiger partial charge in [0.25, 0.3) is 0 Å². The monoisotopic (exact) mass is 249 g/mol. The molecule has 0 aliphatic carbocycles. The quantitative estimate of drug-likeness (QED) is 0.871. The molecule has 1 atom stereocenters. The van der Waals surface area contributed by atoms with E-state index in [1.807, 2.05) is 0 Å². The Hall–Kier alpha value is -0.950. The molecular formula is C8H11NO4S2. The van der Waals surface area contributed by atoms with E-state index < -0.39 is 21.1 Å². The smallest absolute Gasteiger partial charge is 0.355 e. The van der Waals surface area contributed by atoms with Crippen molar-refractivity contribution < 1.29 is 18.3 Å². The molecule has 5 nitrogen and oxygen atoms in total. The van der Waals surface area contributed by atoms with E-state index in [9.17, 15) is 13.2 Å². The van der Waals surface area contributed by atoms with Crippen LogP contribution >= 0.6 is 11.3 Å². The Morgan fingerprint density at radius 1 is 1.53 bits per heavy atom. The van der Waals surface area contributed by atoms with Crippen LogP contribution in [0.3, 0.4) is 0 Å². The Bertz CT molecular complexity index is 489. The molecule has 0 aromatic carbocycles. The first-order valence-corrected chi connectivity index (χ1v) is 6.90. The van der Waals surface area contributed by atoms with E-state index in [-0.39, 0.29) is 5.69 Å². The summed E-state index contributed by atoms with van der Waals surface area (Å²) in [5, 5.41) is 8.33. The van der Waals surface area contributed by atoms with Crippen molar-refractivity contribution in [2.75, 3.05) is 6.26 Å². The van der Waals surface area contributed by atoms with Crippen LogP contribution in [0.1, 0.15) is 32.5 Å². The number of aryl methyl sites for hydroxylation is 1. The number of hydrogen-bond acceptors (Lipinski definition) is 5. The second kappa shape index (κ2) is 3.90. The molecule has 1 aromatic rings. The highest BCUT2D eigenvalue weighted by atomic mass is 32.2. The molecule has 1 heterocycles. The van der Waals surface area contributed by atoms with Crippen molar-refractivity contribution in [1.29, 1.82) is 0 Å². The summed E-state index contributed by atoms with van der Waals surface area (Å²) >= 11 is 1.11. The third-order valence-corrected chi connectivity index (χ3v) is 4.82. The van der Waals surface area contributed by atoms with E-state index in [4.69, 9.17) is 5.11 Å². The molecule has 1 unspecified atom stereocenters. The van der Waals surface area contributed by atoms with Crippen molar-refractivity contribution in [3.8, 4) is 0 Å². The minimum atomic E-state index is -3.23. The highest BCUT2D eigenvalue weighted by Gasteiger charge is 2.24. The maximum atomic E-state index is 11.2. The van der Waals surface area contributed by atoms with Crippen molar-refractivity contribution in [2.45, 2.75) is 19.1 Å². The molecule has 0 spiro atoms. The van der Waals surface area contributed by atoms with Crippen LogP contribution < -0.4 is 0 Å². The fraction of sp³-hybridized carbons (Fsp3) is 0.500. The predicted octanol–water partition coefficient (Wildman–Crippen LogP) is 1.26. The zero-order valence-electron chi connectivity index (χ0n) is 8.51. The number of carboxylic acids is 1. The van der Waals surface area contributed by atoms with Crippen LogP contribution in [0.25, 0.3) is 0 Å². The summed E-state index contributed by atoms with van der Waals surface area (Å²) in [5.74, 6) is -1.13. The third-order valence-electron chi connectivity index (χ3n) is 2.01. The number of aromatic nitrogens is 1. The van der Waals surface area contributed by atoms with Crippen molar-refractivity contribution >= 4 is 27.1 Å². The summed E-state index contributed by atoms with van der Waals surface area (Å²) < 4.78 is 22.5. The zero-order valence-corrected chi connectivity index (χ0v) is 10.1. The molecule has 0 radical (unpaired) electrons. The van der Waals surface area contributed by atoms with E-state index >= 15 is 0 Å². The van der Waals surface area contributed by atoms with Gasteiger partial charge < -0.3 is 5.11 Å². The molecule has 0 aliphatic rings. The minimum Gasteiger partial charge on any atom is -0.476 e. The zero-order chi connectivity index (χ0) is 11.8. The molecule has 7 heteroatoms. The largest absolute Gasteiger partial charge is 0.476 e. The Morgan fingerprint density at radius 2 is 2.07 bits per heavy atom. The van der Waals surface area contributed by atoms with Gasteiger partial charge in [-0.1, -0.05) is 0 Å². The van der Waals surface area contributed by atoms with Gasteiger partial charge in [-0.2, -0.15) is 0 Å². The van der Waals surface area contributed by atoms with E-state index in [0.717, 1.165) is 17.6 Å². The van der Waals surface area contributed by atoms with Crippen molar-refractivity contribution in [2.24, 2.45) is 0 Å². The molecule has 0 fully saturated rings. The van der Waals surface area contributed by atoms with Gasteiger partial charge in [-0.05, 0) is 13.8 Å². The number of sulfone groups is 1. The summed E-state index contributed by atoms with van der Waals surface area (Å²) in [6.45, 7) is 3.11. The number of thiazole rings is 1. The molecule has 84 valence electrons. The topological polar surface area (TPSA) is 84.3 Å². The first-order valence-electron chi connectivity index (χ1n) is 4.13. The number of nitrogens with zero attached hydrogens (tertiary/aromatic N) is 1. The SMILES string of the molecule is Cc1sc(C(C)S(C)(=O)=O)nc1C(=O)O. The molecule has 0 aliphatic heterocycles. The molecule has 0 amide bonds. The summed E-state index contributed by atoms with van der Waals surface area (Å²) in [5.41, 5.74) is -0.0644. The van der Waals surface area contributed by atoms with E-state index in [0.29, 0.717) is 9.88 Å². The van der Waals surface area contributed by atoms with Crippen LogP contribution in [-0.4, -0.2) is 30.7 Å². The van der Waals surface area contributed by atoms with E-state index in [1.54, 1.807) is 6.92 Å². The second-order valence-corrected chi connectivity index (χ2v) is 6.83. The van der Waals surface area contributed by atoms with Crippen LogP contribution in [0.2, 0.25) is 0 Å². The number of aromatic carboxylic acids is 1. The molecule has 0 saturated carbocycles. The Morgan fingerprint density at radius 3 is 2.40 bits per heavy atom. The molecule has 1 aromatic heterocycles. The summed E-state index contributed by atoms with van der Waals surface area (Å²) in [6.07, 6.45) is 1.11. The van der Waals surface area contributed by atoms with Crippen molar-refractivity contribution in [1.82, 2.24) is 4.98 Å². The minimum absolute atomic E-state index is 0.0644.